The van der Waals surface area contributed by atoms with Crippen LogP contribution < -0.4 is 10.5 Å². The molecule has 1 aromatic carbocycles. The Bertz CT molecular complexity index is 540. The van der Waals surface area contributed by atoms with E-state index in [1.54, 1.807) is 7.11 Å². The van der Waals surface area contributed by atoms with Crippen molar-refractivity contribution in [3.8, 4) is 17.1 Å². The summed E-state index contributed by atoms with van der Waals surface area (Å²) in [6.07, 6.45) is 0. The first kappa shape index (κ1) is 13.5. The standard InChI is InChI=1S/C13H17N3O3/c1-9-7-10(3-4-11(9)17-2)13-15-12(19-16-13)8-18-6-5-14/h3-4,7H,5-6,8,14H2,1-2H3. The molecule has 0 amide bonds. The fraction of sp³-hybridized carbons (Fsp3) is 0.385. The summed E-state index contributed by atoms with van der Waals surface area (Å²) in [5, 5.41) is 3.92. The van der Waals surface area contributed by atoms with Crippen molar-refractivity contribution in [1.82, 2.24) is 10.1 Å². The third kappa shape index (κ3) is 3.30. The van der Waals surface area contributed by atoms with Crippen molar-refractivity contribution in [2.24, 2.45) is 5.73 Å². The van der Waals surface area contributed by atoms with Crippen molar-refractivity contribution >= 4 is 0 Å². The summed E-state index contributed by atoms with van der Waals surface area (Å²) in [6, 6.07) is 5.72. The van der Waals surface area contributed by atoms with E-state index >= 15 is 0 Å². The van der Waals surface area contributed by atoms with Crippen LogP contribution in [0.2, 0.25) is 0 Å². The molecule has 0 aliphatic heterocycles. The quantitative estimate of drug-likeness (QED) is 0.796. The molecule has 1 heterocycles. The highest BCUT2D eigenvalue weighted by molar-refractivity contribution is 5.58. The maximum Gasteiger partial charge on any atom is 0.252 e. The number of rotatable bonds is 6. The van der Waals surface area contributed by atoms with Crippen LogP contribution in [0.25, 0.3) is 11.4 Å². The molecule has 0 radical (unpaired) electrons. The van der Waals surface area contributed by atoms with Crippen LogP contribution in [0.15, 0.2) is 22.7 Å². The molecular formula is C13H17N3O3. The molecule has 0 unspecified atom stereocenters. The molecular weight excluding hydrogens is 246 g/mol. The van der Waals surface area contributed by atoms with Crippen molar-refractivity contribution < 1.29 is 14.0 Å². The number of hydrogen-bond donors (Lipinski definition) is 1. The van der Waals surface area contributed by atoms with Gasteiger partial charge in [-0.1, -0.05) is 5.16 Å². The van der Waals surface area contributed by atoms with E-state index in [2.05, 4.69) is 10.1 Å². The van der Waals surface area contributed by atoms with E-state index in [4.69, 9.17) is 19.7 Å². The molecule has 2 N–H and O–H groups in total. The van der Waals surface area contributed by atoms with Gasteiger partial charge in [0.2, 0.25) is 5.82 Å². The van der Waals surface area contributed by atoms with Gasteiger partial charge in [-0.25, -0.2) is 0 Å². The Balaban J connectivity index is 2.11. The fourth-order valence-corrected chi connectivity index (χ4v) is 1.69. The van der Waals surface area contributed by atoms with Crippen molar-refractivity contribution in [2.45, 2.75) is 13.5 Å². The second-order valence-corrected chi connectivity index (χ2v) is 4.04. The lowest BCUT2D eigenvalue weighted by Crippen LogP contribution is -2.08. The third-order valence-corrected chi connectivity index (χ3v) is 2.61. The second kappa shape index (κ2) is 6.31. The molecule has 0 fully saturated rings. The van der Waals surface area contributed by atoms with Gasteiger partial charge in [-0.3, -0.25) is 0 Å². The molecule has 0 saturated heterocycles. The maximum absolute atomic E-state index is 5.33. The van der Waals surface area contributed by atoms with E-state index in [0.717, 1.165) is 16.9 Å². The van der Waals surface area contributed by atoms with Gasteiger partial charge in [0, 0.05) is 12.1 Å². The van der Waals surface area contributed by atoms with E-state index in [0.29, 0.717) is 24.9 Å². The Morgan fingerprint density at radius 1 is 1.37 bits per heavy atom. The number of hydrogen-bond acceptors (Lipinski definition) is 6. The monoisotopic (exact) mass is 263 g/mol. The summed E-state index contributed by atoms with van der Waals surface area (Å²) in [5.41, 5.74) is 7.23. The van der Waals surface area contributed by atoms with Crippen molar-refractivity contribution in [1.29, 1.82) is 0 Å². The summed E-state index contributed by atoms with van der Waals surface area (Å²) in [6.45, 7) is 3.19. The molecule has 0 spiro atoms. The number of benzene rings is 1. The molecule has 0 saturated carbocycles. The van der Waals surface area contributed by atoms with Gasteiger partial charge in [0.15, 0.2) is 0 Å². The van der Waals surface area contributed by atoms with Crippen LogP contribution in [0.1, 0.15) is 11.5 Å². The van der Waals surface area contributed by atoms with E-state index in [9.17, 15) is 0 Å². The molecule has 6 heteroatoms. The SMILES string of the molecule is COc1ccc(-c2noc(COCCN)n2)cc1C. The van der Waals surface area contributed by atoms with Crippen LogP contribution in [0, 0.1) is 6.92 Å². The topological polar surface area (TPSA) is 83.4 Å². The van der Waals surface area contributed by atoms with Crippen LogP contribution in [-0.4, -0.2) is 30.4 Å². The van der Waals surface area contributed by atoms with Crippen LogP contribution >= 0.6 is 0 Å². The minimum absolute atomic E-state index is 0.277. The second-order valence-electron chi connectivity index (χ2n) is 4.04. The first-order valence-electron chi connectivity index (χ1n) is 6.00. The van der Waals surface area contributed by atoms with Gasteiger partial charge in [0.05, 0.1) is 13.7 Å². The number of aromatic nitrogens is 2. The highest BCUT2D eigenvalue weighted by atomic mass is 16.5. The predicted octanol–water partition coefficient (Wildman–Crippen LogP) is 1.53. The zero-order valence-electron chi connectivity index (χ0n) is 11.0. The van der Waals surface area contributed by atoms with E-state index in [1.165, 1.54) is 0 Å². The Morgan fingerprint density at radius 2 is 2.21 bits per heavy atom. The van der Waals surface area contributed by atoms with Crippen LogP contribution in [0.3, 0.4) is 0 Å². The molecule has 1 aromatic heterocycles. The number of aryl methyl sites for hydroxylation is 1. The van der Waals surface area contributed by atoms with Gasteiger partial charge in [-0.2, -0.15) is 4.98 Å². The highest BCUT2D eigenvalue weighted by Crippen LogP contribution is 2.24. The summed E-state index contributed by atoms with van der Waals surface area (Å²) >= 11 is 0. The molecule has 0 aliphatic carbocycles. The lowest BCUT2D eigenvalue weighted by molar-refractivity contribution is 0.104. The molecule has 19 heavy (non-hydrogen) atoms. The fourth-order valence-electron chi connectivity index (χ4n) is 1.69. The van der Waals surface area contributed by atoms with Crippen molar-refractivity contribution in [3.05, 3.63) is 29.7 Å². The van der Waals surface area contributed by atoms with Gasteiger partial charge in [-0.15, -0.1) is 0 Å². The molecule has 2 aromatic rings. The summed E-state index contributed by atoms with van der Waals surface area (Å²) in [7, 11) is 1.64. The van der Waals surface area contributed by atoms with Gasteiger partial charge < -0.3 is 19.7 Å². The van der Waals surface area contributed by atoms with Gasteiger partial charge in [0.1, 0.15) is 12.4 Å². The Kier molecular flexibility index (Phi) is 4.48. The van der Waals surface area contributed by atoms with Crippen LogP contribution in [0.4, 0.5) is 0 Å². The lowest BCUT2D eigenvalue weighted by Gasteiger charge is -2.04. The number of methoxy groups -OCH3 is 1. The zero-order valence-corrected chi connectivity index (χ0v) is 11.0. The van der Waals surface area contributed by atoms with E-state index in [-0.39, 0.29) is 6.61 Å². The molecule has 0 bridgehead atoms. The Labute approximate surface area is 111 Å². The average Bonchev–Trinajstić information content (AvgIpc) is 2.88. The van der Waals surface area contributed by atoms with Gasteiger partial charge >= 0.3 is 0 Å². The first-order valence-corrected chi connectivity index (χ1v) is 6.00. The summed E-state index contributed by atoms with van der Waals surface area (Å²) in [5.74, 6) is 1.81. The van der Waals surface area contributed by atoms with Crippen molar-refractivity contribution in [2.75, 3.05) is 20.3 Å². The first-order chi connectivity index (χ1) is 9.24. The molecule has 2 rings (SSSR count). The molecule has 0 aliphatic rings. The van der Waals surface area contributed by atoms with Gasteiger partial charge in [0.25, 0.3) is 5.89 Å². The van der Waals surface area contributed by atoms with Crippen LogP contribution in [-0.2, 0) is 11.3 Å². The smallest absolute Gasteiger partial charge is 0.252 e. The van der Waals surface area contributed by atoms with E-state index in [1.807, 2.05) is 25.1 Å². The third-order valence-electron chi connectivity index (χ3n) is 2.61. The normalized spacial score (nSPS) is 10.7. The number of nitrogens with two attached hydrogens (primary N) is 1. The van der Waals surface area contributed by atoms with E-state index < -0.39 is 0 Å². The van der Waals surface area contributed by atoms with Gasteiger partial charge in [-0.05, 0) is 30.7 Å². The lowest BCUT2D eigenvalue weighted by atomic mass is 10.1. The minimum atomic E-state index is 0.277. The Hall–Kier alpha value is -1.92. The minimum Gasteiger partial charge on any atom is -0.496 e. The van der Waals surface area contributed by atoms with Crippen LogP contribution in [0.5, 0.6) is 5.75 Å². The highest BCUT2D eigenvalue weighted by Gasteiger charge is 2.10. The molecule has 0 atom stereocenters. The molecule has 6 nitrogen and oxygen atoms in total. The number of nitrogens with zero attached hydrogens (tertiary/aromatic N) is 2. The number of ether oxygens (including phenoxy) is 2. The summed E-state index contributed by atoms with van der Waals surface area (Å²) < 4.78 is 15.6. The zero-order chi connectivity index (χ0) is 13.7. The Morgan fingerprint density at radius 3 is 2.89 bits per heavy atom. The average molecular weight is 263 g/mol. The maximum atomic E-state index is 5.33. The largest absolute Gasteiger partial charge is 0.496 e. The summed E-state index contributed by atoms with van der Waals surface area (Å²) in [4.78, 5) is 4.26. The van der Waals surface area contributed by atoms with Crippen molar-refractivity contribution in [3.63, 3.8) is 0 Å². The predicted molar refractivity (Wildman–Crippen MR) is 69.7 cm³/mol. The molecule has 102 valence electrons.